The number of nitrogens with one attached hydrogen (secondary N) is 2. The minimum atomic E-state index is -1.20. The van der Waals surface area contributed by atoms with Gasteiger partial charge in [-0.2, -0.15) is 4.98 Å². The van der Waals surface area contributed by atoms with E-state index in [-0.39, 0.29) is 58.0 Å². The lowest BCUT2D eigenvalue weighted by molar-refractivity contribution is -0.126. The van der Waals surface area contributed by atoms with E-state index >= 15 is 4.39 Å². The van der Waals surface area contributed by atoms with Crippen molar-refractivity contribution >= 4 is 51.6 Å². The third kappa shape index (κ3) is 5.67. The first-order valence-electron chi connectivity index (χ1n) is 14.9. The van der Waals surface area contributed by atoms with Gasteiger partial charge in [-0.25, -0.2) is 18.7 Å². The topological polar surface area (TPSA) is 146 Å². The molecule has 238 valence electrons. The number of aliphatic hydroxyl groups excluding tert-OH is 1. The molecule has 12 nitrogen and oxygen atoms in total. The van der Waals surface area contributed by atoms with Crippen LogP contribution in [-0.2, 0) is 9.59 Å². The van der Waals surface area contributed by atoms with Gasteiger partial charge < -0.3 is 25.5 Å². The van der Waals surface area contributed by atoms with Crippen LogP contribution in [0.3, 0.4) is 0 Å². The lowest BCUT2D eigenvalue weighted by Crippen LogP contribution is -2.49. The highest BCUT2D eigenvalue weighted by Crippen LogP contribution is 2.39. The van der Waals surface area contributed by atoms with Crippen LogP contribution in [0.4, 0.5) is 21.6 Å². The highest BCUT2D eigenvalue weighted by Gasteiger charge is 2.29. The number of amides is 2. The summed E-state index contributed by atoms with van der Waals surface area (Å²) in [5, 5.41) is 17.0. The lowest BCUT2D eigenvalue weighted by Gasteiger charge is -2.35. The number of hydrogen-bond acceptors (Lipinski definition) is 9. The van der Waals surface area contributed by atoms with E-state index in [0.29, 0.717) is 48.8 Å². The maximum Gasteiger partial charge on any atom is 0.355 e. The average molecular weight is 647 g/mol. The SMILES string of the molecule is C=CC(=O)N1CCN(c2nc(=O)n3c4nc(c(Cl)cc24)-c2c(F)cccc2NC(O)CCC(=O)Nc2ccnc(C(C)C)c2-3)CC1. The Morgan fingerprint density at radius 2 is 1.91 bits per heavy atom. The number of aliphatic hydroxyl groups is 1. The number of pyridine rings is 2. The molecule has 2 bridgehead atoms. The first-order valence-corrected chi connectivity index (χ1v) is 15.3. The first kappa shape index (κ1) is 31.1. The standard InChI is InChI=1S/C32H32ClFN8O4/c1-4-25(45)40-12-14-41(15-13-40)30-18-16-19(33)28-26-20(34)6-5-7-21(26)36-23(43)8-9-24(44)37-22-10-11-35-27(17(2)3)29(22)42(31(18)38-28)32(46)39-30/h4-7,10-11,16-17,23,36,43H,1,8-9,12-15H2,2-3H3,(H,37,44). The second-order valence-corrected chi connectivity index (χ2v) is 11.8. The molecule has 1 fully saturated rings. The number of hydrogen-bond donors (Lipinski definition) is 3. The molecule has 3 aromatic heterocycles. The molecular formula is C32H32ClFN8O4. The fourth-order valence-electron chi connectivity index (χ4n) is 5.84. The van der Waals surface area contributed by atoms with E-state index in [0.717, 1.165) is 0 Å². The Bertz CT molecular complexity index is 1940. The smallest absolute Gasteiger partial charge is 0.355 e. The number of fused-ring (bicyclic) bond motifs is 5. The van der Waals surface area contributed by atoms with E-state index in [1.807, 2.05) is 18.7 Å². The predicted octanol–water partition coefficient (Wildman–Crippen LogP) is 4.06. The maximum atomic E-state index is 15.6. The highest BCUT2D eigenvalue weighted by atomic mass is 35.5. The van der Waals surface area contributed by atoms with Gasteiger partial charge in [0.25, 0.3) is 0 Å². The van der Waals surface area contributed by atoms with Crippen LogP contribution in [-0.4, -0.2) is 73.7 Å². The van der Waals surface area contributed by atoms with Crippen molar-refractivity contribution in [2.24, 2.45) is 0 Å². The Morgan fingerprint density at radius 3 is 2.63 bits per heavy atom. The predicted molar refractivity (Wildman–Crippen MR) is 174 cm³/mol. The van der Waals surface area contributed by atoms with Crippen molar-refractivity contribution < 1.29 is 19.1 Å². The molecule has 3 N–H and O–H groups in total. The monoisotopic (exact) mass is 646 g/mol. The molecule has 1 aromatic carbocycles. The number of rotatable bonds is 3. The summed E-state index contributed by atoms with van der Waals surface area (Å²) in [6.07, 6.45) is 1.53. The Balaban J connectivity index is 1.68. The van der Waals surface area contributed by atoms with Crippen LogP contribution in [0.2, 0.25) is 5.02 Å². The van der Waals surface area contributed by atoms with Gasteiger partial charge in [-0.1, -0.05) is 38.1 Å². The van der Waals surface area contributed by atoms with Crippen LogP contribution in [0.15, 0.2) is 54.0 Å². The molecule has 0 aliphatic carbocycles. The molecule has 6 rings (SSSR count). The van der Waals surface area contributed by atoms with Crippen LogP contribution in [0.25, 0.3) is 28.0 Å². The minimum Gasteiger partial charge on any atom is -0.374 e. The van der Waals surface area contributed by atoms with E-state index in [2.05, 4.69) is 27.2 Å². The zero-order valence-electron chi connectivity index (χ0n) is 25.3. The van der Waals surface area contributed by atoms with Gasteiger partial charge in [0.05, 0.1) is 38.7 Å². The second kappa shape index (κ2) is 12.5. The fraction of sp³-hybridized carbons (Fsp3) is 0.312. The molecule has 4 aromatic rings. The zero-order valence-corrected chi connectivity index (χ0v) is 26.0. The number of anilines is 3. The summed E-state index contributed by atoms with van der Waals surface area (Å²) in [5.74, 6) is -1.16. The molecule has 2 aliphatic rings. The highest BCUT2D eigenvalue weighted by molar-refractivity contribution is 6.34. The summed E-state index contributed by atoms with van der Waals surface area (Å²) >= 11 is 6.87. The molecule has 0 saturated carbocycles. The summed E-state index contributed by atoms with van der Waals surface area (Å²) in [5.41, 5.74) is 0.685. The molecular weight excluding hydrogens is 615 g/mol. The molecule has 1 atom stereocenters. The van der Waals surface area contributed by atoms with E-state index in [1.54, 1.807) is 23.1 Å². The van der Waals surface area contributed by atoms with Gasteiger partial charge >= 0.3 is 5.69 Å². The molecule has 0 radical (unpaired) electrons. The number of aromatic nitrogens is 4. The van der Waals surface area contributed by atoms with Crippen LogP contribution in [0.5, 0.6) is 0 Å². The van der Waals surface area contributed by atoms with E-state index in [4.69, 9.17) is 16.6 Å². The van der Waals surface area contributed by atoms with Crippen LogP contribution in [0.1, 0.15) is 38.3 Å². The van der Waals surface area contributed by atoms with Gasteiger partial charge in [-0.15, -0.1) is 0 Å². The van der Waals surface area contributed by atoms with Crippen LogP contribution >= 0.6 is 11.6 Å². The number of benzene rings is 1. The van der Waals surface area contributed by atoms with Crippen molar-refractivity contribution in [3.05, 3.63) is 76.2 Å². The Morgan fingerprint density at radius 1 is 1.15 bits per heavy atom. The normalized spacial score (nSPS) is 16.8. The van der Waals surface area contributed by atoms with Gasteiger partial charge in [-0.05, 0) is 36.3 Å². The van der Waals surface area contributed by atoms with Gasteiger partial charge in [0.2, 0.25) is 11.8 Å². The number of nitrogens with zero attached hydrogens (tertiary/aromatic N) is 6. The quantitative estimate of drug-likeness (QED) is 0.281. The summed E-state index contributed by atoms with van der Waals surface area (Å²) in [4.78, 5) is 57.0. The molecule has 1 unspecified atom stereocenters. The summed E-state index contributed by atoms with van der Waals surface area (Å²) < 4.78 is 16.9. The third-order valence-electron chi connectivity index (χ3n) is 8.08. The fourth-order valence-corrected chi connectivity index (χ4v) is 6.08. The Kier molecular flexibility index (Phi) is 8.45. The number of carbonyl (C=O) groups is 2. The first-order chi connectivity index (χ1) is 22.1. The van der Waals surface area contributed by atoms with Crippen molar-refractivity contribution in [1.82, 2.24) is 24.4 Å². The van der Waals surface area contributed by atoms with Crippen molar-refractivity contribution in [1.29, 1.82) is 0 Å². The third-order valence-corrected chi connectivity index (χ3v) is 8.37. The van der Waals surface area contributed by atoms with Gasteiger partial charge in [-0.3, -0.25) is 14.6 Å². The van der Waals surface area contributed by atoms with E-state index < -0.39 is 23.6 Å². The van der Waals surface area contributed by atoms with Crippen molar-refractivity contribution in [3.8, 4) is 16.9 Å². The molecule has 14 heteroatoms. The molecule has 2 amide bonds. The zero-order chi connectivity index (χ0) is 32.7. The van der Waals surface area contributed by atoms with Crippen molar-refractivity contribution in [2.75, 3.05) is 41.7 Å². The molecule has 46 heavy (non-hydrogen) atoms. The molecule has 0 spiro atoms. The largest absolute Gasteiger partial charge is 0.374 e. The molecule has 5 heterocycles. The lowest BCUT2D eigenvalue weighted by atomic mass is 10.0. The van der Waals surface area contributed by atoms with Crippen molar-refractivity contribution in [3.63, 3.8) is 0 Å². The average Bonchev–Trinajstić information content (AvgIpc) is 3.03. The number of carbonyl (C=O) groups excluding carboxylic acids is 2. The molecule has 1 saturated heterocycles. The summed E-state index contributed by atoms with van der Waals surface area (Å²) in [6, 6.07) is 7.45. The maximum absolute atomic E-state index is 15.6. The van der Waals surface area contributed by atoms with Crippen LogP contribution < -0.4 is 21.2 Å². The van der Waals surface area contributed by atoms with Gasteiger partial charge in [0.1, 0.15) is 17.9 Å². The number of halogens is 2. The minimum absolute atomic E-state index is 0.00650. The van der Waals surface area contributed by atoms with E-state index in [9.17, 15) is 19.5 Å². The summed E-state index contributed by atoms with van der Waals surface area (Å²) in [7, 11) is 0. The Hall–Kier alpha value is -4.88. The number of piperazine rings is 1. The second-order valence-electron chi connectivity index (χ2n) is 11.4. The van der Waals surface area contributed by atoms with Crippen LogP contribution in [0, 0.1) is 5.82 Å². The van der Waals surface area contributed by atoms with Gasteiger partial charge in [0.15, 0.2) is 5.65 Å². The Labute approximate surface area is 268 Å². The van der Waals surface area contributed by atoms with Crippen molar-refractivity contribution in [2.45, 2.75) is 38.8 Å². The van der Waals surface area contributed by atoms with E-state index in [1.165, 1.54) is 29.0 Å². The van der Waals surface area contributed by atoms with Gasteiger partial charge in [0, 0.05) is 50.9 Å². The summed E-state index contributed by atoms with van der Waals surface area (Å²) in [6.45, 7) is 8.85. The molecule has 2 aliphatic heterocycles.